The molecule has 1 aromatic rings. The van der Waals surface area contributed by atoms with Crippen molar-refractivity contribution < 1.29 is 19.1 Å². The van der Waals surface area contributed by atoms with Crippen LogP contribution in [0.4, 0.5) is 5.69 Å². The van der Waals surface area contributed by atoms with Gasteiger partial charge in [0.15, 0.2) is 0 Å². The number of esters is 2. The standard InChI is InChI=1S/C18H28N2O4.BrH/c1-4-7-12-23-17(21)14-9-8-10-15(19)16(14)18(22)24-13-11-20(5-2)6-3;/h8-10H,4-7,11-13,19H2,1-3H3;1H. The zero-order valence-electron chi connectivity index (χ0n) is 15.2. The molecule has 0 spiro atoms. The topological polar surface area (TPSA) is 81.9 Å². The lowest BCUT2D eigenvalue weighted by Crippen LogP contribution is -2.28. The van der Waals surface area contributed by atoms with Crippen LogP contribution in [-0.4, -0.2) is 49.7 Å². The van der Waals surface area contributed by atoms with E-state index in [0.29, 0.717) is 13.2 Å². The second-order valence-electron chi connectivity index (χ2n) is 5.42. The Bertz CT molecular complexity index is 548. The fourth-order valence-corrected chi connectivity index (χ4v) is 2.23. The molecule has 0 heterocycles. The number of nitrogen functional groups attached to an aromatic ring is 1. The molecule has 0 bridgehead atoms. The van der Waals surface area contributed by atoms with Crippen LogP contribution in [0, 0.1) is 0 Å². The Kier molecular flexibility index (Phi) is 11.9. The summed E-state index contributed by atoms with van der Waals surface area (Å²) in [4.78, 5) is 26.7. The van der Waals surface area contributed by atoms with Crippen LogP contribution in [0.25, 0.3) is 0 Å². The molecule has 0 fully saturated rings. The highest BCUT2D eigenvalue weighted by atomic mass is 79.9. The summed E-state index contributed by atoms with van der Waals surface area (Å²) in [6.07, 6.45) is 1.70. The number of halogens is 1. The molecule has 6 nitrogen and oxygen atoms in total. The maximum Gasteiger partial charge on any atom is 0.341 e. The Morgan fingerprint density at radius 3 is 2.28 bits per heavy atom. The van der Waals surface area contributed by atoms with E-state index in [1.165, 1.54) is 6.07 Å². The van der Waals surface area contributed by atoms with E-state index in [2.05, 4.69) is 4.90 Å². The molecule has 0 atom stereocenters. The molecule has 142 valence electrons. The third-order valence-electron chi connectivity index (χ3n) is 3.79. The van der Waals surface area contributed by atoms with Crippen LogP contribution in [0.1, 0.15) is 54.3 Å². The normalized spacial score (nSPS) is 10.2. The van der Waals surface area contributed by atoms with Crippen LogP contribution in [0.2, 0.25) is 0 Å². The number of rotatable bonds is 10. The first-order valence-corrected chi connectivity index (χ1v) is 8.50. The van der Waals surface area contributed by atoms with Gasteiger partial charge >= 0.3 is 11.9 Å². The van der Waals surface area contributed by atoms with Crippen molar-refractivity contribution in [2.45, 2.75) is 33.6 Å². The summed E-state index contributed by atoms with van der Waals surface area (Å²) >= 11 is 0. The summed E-state index contributed by atoms with van der Waals surface area (Å²) in [6.45, 7) is 9.08. The van der Waals surface area contributed by atoms with E-state index in [0.717, 1.165) is 25.9 Å². The highest BCUT2D eigenvalue weighted by Gasteiger charge is 2.22. The van der Waals surface area contributed by atoms with Gasteiger partial charge in [0.1, 0.15) is 6.61 Å². The molecule has 2 N–H and O–H groups in total. The van der Waals surface area contributed by atoms with E-state index in [1.54, 1.807) is 12.1 Å². The van der Waals surface area contributed by atoms with Gasteiger partial charge in [-0.15, -0.1) is 17.0 Å². The number of benzene rings is 1. The lowest BCUT2D eigenvalue weighted by molar-refractivity contribution is 0.0434. The molecule has 25 heavy (non-hydrogen) atoms. The van der Waals surface area contributed by atoms with E-state index in [9.17, 15) is 9.59 Å². The summed E-state index contributed by atoms with van der Waals surface area (Å²) < 4.78 is 10.5. The number of ether oxygens (including phenoxy) is 2. The Balaban J connectivity index is 0.00000576. The van der Waals surface area contributed by atoms with Gasteiger partial charge in [-0.1, -0.05) is 33.3 Å². The minimum Gasteiger partial charge on any atom is -0.462 e. The van der Waals surface area contributed by atoms with Crippen LogP contribution >= 0.6 is 17.0 Å². The minimum absolute atomic E-state index is 0. The quantitative estimate of drug-likeness (QED) is 0.357. The molecule has 0 aliphatic rings. The number of nitrogens with zero attached hydrogens (tertiary/aromatic N) is 1. The maximum atomic E-state index is 12.4. The Morgan fingerprint density at radius 1 is 1.04 bits per heavy atom. The first-order valence-electron chi connectivity index (χ1n) is 8.50. The number of carbonyl (C=O) groups excluding carboxylic acids is 2. The Hall–Kier alpha value is -1.60. The second-order valence-corrected chi connectivity index (χ2v) is 5.42. The van der Waals surface area contributed by atoms with Crippen LogP contribution < -0.4 is 5.73 Å². The number of hydrogen-bond donors (Lipinski definition) is 1. The fraction of sp³-hybridized carbons (Fsp3) is 0.556. The highest BCUT2D eigenvalue weighted by molar-refractivity contribution is 8.93. The Morgan fingerprint density at radius 2 is 1.68 bits per heavy atom. The predicted octanol–water partition coefficient (Wildman–Crippen LogP) is 3.30. The molecular formula is C18H29BrN2O4. The van der Waals surface area contributed by atoms with E-state index in [-0.39, 0.29) is 40.4 Å². The molecular weight excluding hydrogens is 388 g/mol. The van der Waals surface area contributed by atoms with Gasteiger partial charge in [0.2, 0.25) is 0 Å². The van der Waals surface area contributed by atoms with Gasteiger partial charge in [-0.05, 0) is 31.6 Å². The lowest BCUT2D eigenvalue weighted by Gasteiger charge is -2.18. The van der Waals surface area contributed by atoms with Crippen molar-refractivity contribution in [3.05, 3.63) is 29.3 Å². The SMILES string of the molecule is Br.CCCCOC(=O)c1cccc(N)c1C(=O)OCCN(CC)CC. The largest absolute Gasteiger partial charge is 0.462 e. The summed E-state index contributed by atoms with van der Waals surface area (Å²) in [6, 6.07) is 4.73. The van der Waals surface area contributed by atoms with Crippen LogP contribution in [-0.2, 0) is 9.47 Å². The molecule has 1 aromatic carbocycles. The third-order valence-corrected chi connectivity index (χ3v) is 3.79. The molecule has 1 rings (SSSR count). The molecule has 0 saturated carbocycles. The monoisotopic (exact) mass is 416 g/mol. The number of nitrogens with two attached hydrogens (primary N) is 1. The van der Waals surface area contributed by atoms with Crippen molar-refractivity contribution in [1.82, 2.24) is 4.90 Å². The second kappa shape index (κ2) is 12.7. The van der Waals surface area contributed by atoms with Crippen molar-refractivity contribution >= 4 is 34.6 Å². The fourth-order valence-electron chi connectivity index (χ4n) is 2.23. The van der Waals surface area contributed by atoms with Crippen LogP contribution in [0.3, 0.4) is 0 Å². The molecule has 0 unspecified atom stereocenters. The summed E-state index contributed by atoms with van der Waals surface area (Å²) in [7, 11) is 0. The molecule has 0 radical (unpaired) electrons. The van der Waals surface area contributed by atoms with Gasteiger partial charge in [-0.25, -0.2) is 9.59 Å². The van der Waals surface area contributed by atoms with Crippen molar-refractivity contribution in [3.8, 4) is 0 Å². The zero-order chi connectivity index (χ0) is 17.9. The first kappa shape index (κ1) is 23.4. The van der Waals surface area contributed by atoms with E-state index in [4.69, 9.17) is 15.2 Å². The number of carbonyl (C=O) groups is 2. The Labute approximate surface area is 160 Å². The van der Waals surface area contributed by atoms with Crippen molar-refractivity contribution in [2.75, 3.05) is 38.6 Å². The molecule has 0 amide bonds. The highest BCUT2D eigenvalue weighted by Crippen LogP contribution is 2.19. The average Bonchev–Trinajstić information content (AvgIpc) is 2.58. The molecule has 0 aliphatic heterocycles. The van der Waals surface area contributed by atoms with Crippen LogP contribution in [0.15, 0.2) is 18.2 Å². The van der Waals surface area contributed by atoms with Crippen LogP contribution in [0.5, 0.6) is 0 Å². The van der Waals surface area contributed by atoms with Crippen molar-refractivity contribution in [2.24, 2.45) is 0 Å². The number of hydrogen-bond acceptors (Lipinski definition) is 6. The molecule has 0 aliphatic carbocycles. The smallest absolute Gasteiger partial charge is 0.341 e. The van der Waals surface area contributed by atoms with Gasteiger partial charge in [0.25, 0.3) is 0 Å². The van der Waals surface area contributed by atoms with Gasteiger partial charge in [0.05, 0.1) is 17.7 Å². The summed E-state index contributed by atoms with van der Waals surface area (Å²) in [5.41, 5.74) is 6.33. The molecule has 0 aromatic heterocycles. The predicted molar refractivity (Wildman–Crippen MR) is 104 cm³/mol. The number of unbranched alkanes of at least 4 members (excludes halogenated alkanes) is 1. The van der Waals surface area contributed by atoms with Gasteiger partial charge in [-0.2, -0.15) is 0 Å². The van der Waals surface area contributed by atoms with E-state index in [1.807, 2.05) is 20.8 Å². The lowest BCUT2D eigenvalue weighted by atomic mass is 10.1. The van der Waals surface area contributed by atoms with Gasteiger partial charge < -0.3 is 20.1 Å². The zero-order valence-corrected chi connectivity index (χ0v) is 17.0. The summed E-state index contributed by atoms with van der Waals surface area (Å²) in [5, 5.41) is 0. The average molecular weight is 417 g/mol. The minimum atomic E-state index is -0.595. The molecule has 7 heteroatoms. The van der Waals surface area contributed by atoms with Gasteiger partial charge in [0, 0.05) is 12.2 Å². The number of anilines is 1. The van der Waals surface area contributed by atoms with Gasteiger partial charge in [-0.3, -0.25) is 0 Å². The van der Waals surface area contributed by atoms with Crippen molar-refractivity contribution in [3.63, 3.8) is 0 Å². The van der Waals surface area contributed by atoms with E-state index < -0.39 is 11.9 Å². The third kappa shape index (κ3) is 7.44. The van der Waals surface area contributed by atoms with Crippen molar-refractivity contribution in [1.29, 1.82) is 0 Å². The maximum absolute atomic E-state index is 12.4. The van der Waals surface area contributed by atoms with E-state index >= 15 is 0 Å². The molecule has 0 saturated heterocycles. The first-order chi connectivity index (χ1) is 11.5. The summed E-state index contributed by atoms with van der Waals surface area (Å²) in [5.74, 6) is -1.14. The number of likely N-dealkylation sites (N-methyl/N-ethyl adjacent to an activating group) is 1.